The lowest BCUT2D eigenvalue weighted by Crippen LogP contribution is -2.33. The summed E-state index contributed by atoms with van der Waals surface area (Å²) >= 11 is 12.6. The van der Waals surface area contributed by atoms with Crippen molar-refractivity contribution in [1.82, 2.24) is 9.47 Å². The van der Waals surface area contributed by atoms with Crippen molar-refractivity contribution < 1.29 is 19.1 Å². The maximum atomic E-state index is 13.4. The third kappa shape index (κ3) is 4.35. The quantitative estimate of drug-likeness (QED) is 0.425. The van der Waals surface area contributed by atoms with Crippen LogP contribution in [0.2, 0.25) is 10.0 Å². The van der Waals surface area contributed by atoms with E-state index in [4.69, 9.17) is 32.7 Å². The average Bonchev–Trinajstić information content (AvgIpc) is 3.45. The Morgan fingerprint density at radius 2 is 2.00 bits per heavy atom. The molecule has 0 N–H and O–H groups in total. The Kier molecular flexibility index (Phi) is 6.71. The van der Waals surface area contributed by atoms with Crippen LogP contribution >= 0.6 is 23.2 Å². The predicted molar refractivity (Wildman–Crippen MR) is 129 cm³/mol. The van der Waals surface area contributed by atoms with Crippen molar-refractivity contribution >= 4 is 41.2 Å². The van der Waals surface area contributed by atoms with Crippen LogP contribution in [0, 0.1) is 13.8 Å². The third-order valence-electron chi connectivity index (χ3n) is 6.23. The summed E-state index contributed by atoms with van der Waals surface area (Å²) < 4.78 is 12.7. The molecule has 4 rings (SSSR count). The highest BCUT2D eigenvalue weighted by Gasteiger charge is 2.38. The number of rotatable bonds is 5. The molecule has 1 aromatic carbocycles. The smallest absolute Gasteiger partial charge is 0.340 e. The number of halogens is 2. The minimum atomic E-state index is -0.534. The van der Waals surface area contributed by atoms with E-state index in [2.05, 4.69) is 0 Å². The molecule has 1 atom stereocenters. The van der Waals surface area contributed by atoms with Crippen molar-refractivity contribution in [3.8, 4) is 5.69 Å². The first-order valence-electron chi connectivity index (χ1n) is 10.8. The number of aryl methyl sites for hydroxylation is 1. The number of hydrogen-bond donors (Lipinski definition) is 0. The molecule has 0 unspecified atom stereocenters. The number of ether oxygens (including phenoxy) is 2. The summed E-state index contributed by atoms with van der Waals surface area (Å²) in [5.74, 6) is -0.761. The van der Waals surface area contributed by atoms with Crippen LogP contribution in [0.5, 0.6) is 0 Å². The molecule has 2 aromatic rings. The van der Waals surface area contributed by atoms with Crippen LogP contribution < -0.4 is 0 Å². The summed E-state index contributed by atoms with van der Waals surface area (Å²) in [4.78, 5) is 27.7. The van der Waals surface area contributed by atoms with Gasteiger partial charge in [-0.1, -0.05) is 23.2 Å². The summed E-state index contributed by atoms with van der Waals surface area (Å²) in [5, 5.41) is 1.13. The average molecular weight is 489 g/mol. The SMILES string of the molecule is COC(=O)C1=C(C)N(C[C@H]2CCCO2)C(=O)/C1=C\c1cc(C)n(-c2cc(Cl)ccc2Cl)c1C. The van der Waals surface area contributed by atoms with Crippen LogP contribution in [0.1, 0.15) is 36.7 Å². The van der Waals surface area contributed by atoms with Gasteiger partial charge < -0.3 is 18.9 Å². The Labute approximate surface area is 203 Å². The predicted octanol–water partition coefficient (Wildman–Crippen LogP) is 5.25. The number of benzene rings is 1. The molecule has 1 aromatic heterocycles. The molecule has 8 heteroatoms. The maximum absolute atomic E-state index is 13.4. The summed E-state index contributed by atoms with van der Waals surface area (Å²) in [7, 11) is 1.32. The molecule has 0 radical (unpaired) electrons. The van der Waals surface area contributed by atoms with Crippen LogP contribution in [0.15, 0.2) is 41.1 Å². The number of nitrogens with zero attached hydrogens (tertiary/aromatic N) is 2. The van der Waals surface area contributed by atoms with Gasteiger partial charge in [0.1, 0.15) is 0 Å². The zero-order valence-electron chi connectivity index (χ0n) is 19.1. The monoisotopic (exact) mass is 488 g/mol. The number of carbonyl (C=O) groups is 2. The van der Waals surface area contributed by atoms with Gasteiger partial charge in [-0.25, -0.2) is 4.79 Å². The number of carbonyl (C=O) groups excluding carboxylic acids is 2. The Bertz CT molecular complexity index is 1190. The number of esters is 1. The van der Waals surface area contributed by atoms with Crippen molar-refractivity contribution in [2.45, 2.75) is 39.7 Å². The molecule has 33 heavy (non-hydrogen) atoms. The zero-order valence-corrected chi connectivity index (χ0v) is 20.6. The largest absolute Gasteiger partial charge is 0.465 e. The van der Waals surface area contributed by atoms with Crippen LogP contribution in [-0.4, -0.2) is 47.7 Å². The van der Waals surface area contributed by atoms with Gasteiger partial charge in [0.15, 0.2) is 0 Å². The van der Waals surface area contributed by atoms with Gasteiger partial charge in [0, 0.05) is 28.7 Å². The first-order valence-corrected chi connectivity index (χ1v) is 11.6. The molecule has 3 heterocycles. The summed E-state index contributed by atoms with van der Waals surface area (Å²) in [6.07, 6.45) is 3.59. The number of methoxy groups -OCH3 is 1. The molecule has 2 aliphatic rings. The Hall–Kier alpha value is -2.54. The lowest BCUT2D eigenvalue weighted by molar-refractivity contribution is -0.136. The van der Waals surface area contributed by atoms with Crippen LogP contribution in [0.4, 0.5) is 0 Å². The fourth-order valence-electron chi connectivity index (χ4n) is 4.56. The second-order valence-electron chi connectivity index (χ2n) is 8.32. The van der Waals surface area contributed by atoms with Gasteiger partial charge in [-0.2, -0.15) is 0 Å². The van der Waals surface area contributed by atoms with E-state index < -0.39 is 5.97 Å². The van der Waals surface area contributed by atoms with Crippen molar-refractivity contribution in [3.63, 3.8) is 0 Å². The van der Waals surface area contributed by atoms with Gasteiger partial charge in [-0.3, -0.25) is 4.79 Å². The van der Waals surface area contributed by atoms with Gasteiger partial charge in [-0.15, -0.1) is 0 Å². The Balaban J connectivity index is 1.78. The van der Waals surface area contributed by atoms with Crippen molar-refractivity contribution in [2.75, 3.05) is 20.3 Å². The lowest BCUT2D eigenvalue weighted by atomic mass is 10.0. The normalized spacial score (nSPS) is 19.8. The van der Waals surface area contributed by atoms with Gasteiger partial charge >= 0.3 is 5.97 Å². The number of allylic oxidation sites excluding steroid dienone is 1. The van der Waals surface area contributed by atoms with E-state index in [0.29, 0.717) is 34.5 Å². The van der Waals surface area contributed by atoms with E-state index in [-0.39, 0.29) is 17.6 Å². The van der Waals surface area contributed by atoms with E-state index >= 15 is 0 Å². The van der Waals surface area contributed by atoms with Crippen LogP contribution in [0.25, 0.3) is 11.8 Å². The van der Waals surface area contributed by atoms with Gasteiger partial charge in [0.05, 0.1) is 41.6 Å². The minimum Gasteiger partial charge on any atom is -0.465 e. The molecular weight excluding hydrogens is 463 g/mol. The Morgan fingerprint density at radius 1 is 1.24 bits per heavy atom. The highest BCUT2D eigenvalue weighted by Crippen LogP contribution is 2.35. The van der Waals surface area contributed by atoms with Crippen molar-refractivity contribution in [2.24, 2.45) is 0 Å². The van der Waals surface area contributed by atoms with Gasteiger partial charge in [-0.05, 0) is 69.5 Å². The van der Waals surface area contributed by atoms with Gasteiger partial charge in [0.25, 0.3) is 5.91 Å². The molecule has 1 saturated heterocycles. The highest BCUT2D eigenvalue weighted by molar-refractivity contribution is 6.34. The molecule has 174 valence electrons. The standard InChI is InChI=1S/C25H26Cl2N2O4/c1-14-10-17(15(2)29(14)22-12-18(26)7-8-21(22)27)11-20-23(25(31)32-4)16(3)28(24(20)30)13-19-6-5-9-33-19/h7-8,10-12,19H,5-6,9,13H2,1-4H3/b20-11-/t19-/m1/s1. The molecule has 1 fully saturated rings. The van der Waals surface area contributed by atoms with Gasteiger partial charge in [0.2, 0.25) is 0 Å². The highest BCUT2D eigenvalue weighted by atomic mass is 35.5. The first kappa shape index (κ1) is 23.6. The van der Waals surface area contributed by atoms with Crippen LogP contribution in [0.3, 0.4) is 0 Å². The molecule has 2 aliphatic heterocycles. The van der Waals surface area contributed by atoms with E-state index in [1.165, 1.54) is 7.11 Å². The van der Waals surface area contributed by atoms with Crippen molar-refractivity contribution in [3.05, 3.63) is 68.1 Å². The molecule has 0 aliphatic carbocycles. The summed E-state index contributed by atoms with van der Waals surface area (Å²) in [6.45, 7) is 6.78. The van der Waals surface area contributed by atoms with E-state index in [0.717, 1.165) is 35.5 Å². The molecular formula is C25H26Cl2N2O4. The minimum absolute atomic E-state index is 0.0304. The molecule has 6 nitrogen and oxygen atoms in total. The fraction of sp³-hybridized carbons (Fsp3) is 0.360. The maximum Gasteiger partial charge on any atom is 0.340 e. The first-order chi connectivity index (χ1) is 15.7. The van der Waals surface area contributed by atoms with Crippen molar-refractivity contribution in [1.29, 1.82) is 0 Å². The van der Waals surface area contributed by atoms with E-state index in [9.17, 15) is 9.59 Å². The molecule has 0 bridgehead atoms. The topological polar surface area (TPSA) is 60.8 Å². The second kappa shape index (κ2) is 9.37. The lowest BCUT2D eigenvalue weighted by Gasteiger charge is -2.21. The summed E-state index contributed by atoms with van der Waals surface area (Å²) in [6, 6.07) is 7.25. The fourth-order valence-corrected chi connectivity index (χ4v) is 4.93. The zero-order chi connectivity index (χ0) is 23.9. The van der Waals surface area contributed by atoms with Crippen LogP contribution in [-0.2, 0) is 19.1 Å². The van der Waals surface area contributed by atoms with E-state index in [1.807, 2.05) is 24.5 Å². The Morgan fingerprint density at radius 3 is 2.67 bits per heavy atom. The number of amides is 1. The third-order valence-corrected chi connectivity index (χ3v) is 6.79. The number of hydrogen-bond acceptors (Lipinski definition) is 4. The second-order valence-corrected chi connectivity index (χ2v) is 9.16. The molecule has 1 amide bonds. The molecule has 0 spiro atoms. The van der Waals surface area contributed by atoms with E-state index in [1.54, 1.807) is 36.1 Å². The summed E-state index contributed by atoms with van der Waals surface area (Å²) in [5.41, 5.74) is 4.53. The number of aromatic nitrogens is 1. The molecule has 0 saturated carbocycles.